The Bertz CT molecular complexity index is 94.5. The predicted octanol–water partition coefficient (Wildman–Crippen LogP) is 3.53. The summed E-state index contributed by atoms with van der Waals surface area (Å²) < 4.78 is 0. The molecule has 2 saturated carbocycles. The molecule has 11 heavy (non-hydrogen) atoms. The fourth-order valence-electron chi connectivity index (χ4n) is 2.67. The van der Waals surface area contributed by atoms with Crippen LogP contribution in [0.25, 0.3) is 0 Å². The van der Waals surface area contributed by atoms with Crippen molar-refractivity contribution in [3.05, 3.63) is 12.8 Å². The minimum absolute atomic E-state index is 0.795. The molecule has 2 aliphatic carbocycles. The van der Waals surface area contributed by atoms with E-state index in [0.29, 0.717) is 0 Å². The topological polar surface area (TPSA) is 0 Å². The average Bonchev–Trinajstić information content (AvgIpc) is 2.07. The number of hydrogen-bond donors (Lipinski definition) is 0. The van der Waals surface area contributed by atoms with Crippen LogP contribution in [-0.4, -0.2) is 0 Å². The maximum Gasteiger partial charge on any atom is -0.0297 e. The minimum Gasteiger partial charge on any atom is -0.0497 e. The zero-order valence-corrected chi connectivity index (χ0v) is 7.31. The molecule has 62 valence electrons. The summed E-state index contributed by atoms with van der Waals surface area (Å²) in [5.41, 5.74) is 0.795. The van der Waals surface area contributed by atoms with E-state index in [1.54, 1.807) is 0 Å². The molecule has 0 heterocycles. The van der Waals surface area contributed by atoms with Gasteiger partial charge in [0.25, 0.3) is 0 Å². The van der Waals surface area contributed by atoms with Gasteiger partial charge >= 0.3 is 0 Å². The second-order valence-electron chi connectivity index (χ2n) is 4.23. The second-order valence-corrected chi connectivity index (χ2v) is 4.23. The molecule has 2 rings (SSSR count). The Kier molecular flexibility index (Phi) is 2.20. The largest absolute Gasteiger partial charge is 0.0497 e. The van der Waals surface area contributed by atoms with Crippen molar-refractivity contribution in [2.75, 3.05) is 0 Å². The van der Waals surface area contributed by atoms with Crippen LogP contribution in [-0.2, 0) is 0 Å². The molecule has 0 aromatic rings. The van der Waals surface area contributed by atoms with Crippen molar-refractivity contribution >= 4 is 0 Å². The summed E-state index contributed by atoms with van der Waals surface area (Å²) >= 11 is 0. The second kappa shape index (κ2) is 3.16. The molecule has 0 aromatic heterocycles. The van der Waals surface area contributed by atoms with Gasteiger partial charge in [-0.1, -0.05) is 0 Å². The van der Waals surface area contributed by atoms with E-state index < -0.39 is 0 Å². The van der Waals surface area contributed by atoms with Gasteiger partial charge in [0.05, 0.1) is 0 Å². The molecule has 2 radical (unpaired) electrons. The molecule has 0 amide bonds. The molecule has 0 N–H and O–H groups in total. The van der Waals surface area contributed by atoms with Gasteiger partial charge in [0.1, 0.15) is 0 Å². The fourth-order valence-corrected chi connectivity index (χ4v) is 2.67. The van der Waals surface area contributed by atoms with Crippen molar-refractivity contribution in [1.82, 2.24) is 0 Å². The van der Waals surface area contributed by atoms with E-state index in [0.717, 1.165) is 5.41 Å². The molecule has 0 bridgehead atoms. The van der Waals surface area contributed by atoms with E-state index in [-0.39, 0.29) is 0 Å². The van der Waals surface area contributed by atoms with Gasteiger partial charge in [-0.25, -0.2) is 0 Å². The average molecular weight is 150 g/mol. The Hall–Kier alpha value is 0. The van der Waals surface area contributed by atoms with Crippen LogP contribution < -0.4 is 0 Å². The fraction of sp³-hybridized carbons (Fsp3) is 0.818. The normalized spacial score (nSPS) is 30.5. The quantitative estimate of drug-likeness (QED) is 0.495. The molecule has 1 spiro atoms. The summed E-state index contributed by atoms with van der Waals surface area (Å²) in [5.74, 6) is 0. The molecule has 0 heteroatoms. The molecule has 2 aliphatic rings. The van der Waals surface area contributed by atoms with Gasteiger partial charge in [-0.05, 0) is 69.6 Å². The summed E-state index contributed by atoms with van der Waals surface area (Å²) in [6.45, 7) is 0. The van der Waals surface area contributed by atoms with E-state index in [1.807, 2.05) is 0 Å². The van der Waals surface area contributed by atoms with Gasteiger partial charge in [-0.15, -0.1) is 0 Å². The van der Waals surface area contributed by atoms with E-state index in [9.17, 15) is 0 Å². The van der Waals surface area contributed by atoms with Gasteiger partial charge < -0.3 is 0 Å². The first-order chi connectivity index (χ1) is 5.41. The third kappa shape index (κ3) is 1.60. The van der Waals surface area contributed by atoms with Crippen LogP contribution in [0.2, 0.25) is 0 Å². The van der Waals surface area contributed by atoms with E-state index in [2.05, 4.69) is 12.8 Å². The maximum absolute atomic E-state index is 2.48. The molecule has 0 nitrogen and oxygen atoms in total. The van der Waals surface area contributed by atoms with E-state index >= 15 is 0 Å². The zero-order chi connectivity index (χ0) is 7.57. The van der Waals surface area contributed by atoms with Gasteiger partial charge in [0, 0.05) is 0 Å². The highest BCUT2D eigenvalue weighted by Crippen LogP contribution is 2.46. The van der Waals surface area contributed by atoms with Crippen molar-refractivity contribution in [2.45, 2.75) is 51.4 Å². The third-order valence-electron chi connectivity index (χ3n) is 3.52. The SMILES string of the molecule is [CH]1CCC2(CC1)CC[CH]CC2. The monoisotopic (exact) mass is 150 g/mol. The standard InChI is InChI=1S/C11H18/c1-3-7-11(8-4-1)9-5-2-6-10-11/h1-2H,3-10H2. The Morgan fingerprint density at radius 3 is 1.36 bits per heavy atom. The highest BCUT2D eigenvalue weighted by atomic mass is 14.4. The number of rotatable bonds is 0. The van der Waals surface area contributed by atoms with Crippen molar-refractivity contribution < 1.29 is 0 Å². The maximum atomic E-state index is 2.48. The van der Waals surface area contributed by atoms with Crippen molar-refractivity contribution in [2.24, 2.45) is 5.41 Å². The highest BCUT2D eigenvalue weighted by Gasteiger charge is 2.32. The highest BCUT2D eigenvalue weighted by molar-refractivity contribution is 4.93. The Balaban J connectivity index is 1.94. The van der Waals surface area contributed by atoms with Gasteiger partial charge in [-0.3, -0.25) is 0 Å². The predicted molar refractivity (Wildman–Crippen MR) is 48.0 cm³/mol. The molecule has 0 aromatic carbocycles. The zero-order valence-electron chi connectivity index (χ0n) is 7.31. The smallest absolute Gasteiger partial charge is 0.0297 e. The molecule has 0 unspecified atom stereocenters. The lowest BCUT2D eigenvalue weighted by atomic mass is 9.65. The molecule has 0 atom stereocenters. The lowest BCUT2D eigenvalue weighted by Gasteiger charge is -2.40. The molecule has 2 fully saturated rings. The summed E-state index contributed by atoms with van der Waals surface area (Å²) in [5, 5.41) is 0. The van der Waals surface area contributed by atoms with E-state index in [4.69, 9.17) is 0 Å². The van der Waals surface area contributed by atoms with Gasteiger partial charge in [-0.2, -0.15) is 0 Å². The lowest BCUT2D eigenvalue weighted by molar-refractivity contribution is 0.158. The van der Waals surface area contributed by atoms with Gasteiger partial charge in [0.15, 0.2) is 0 Å². The van der Waals surface area contributed by atoms with Crippen molar-refractivity contribution in [1.29, 1.82) is 0 Å². The summed E-state index contributed by atoms with van der Waals surface area (Å²) in [6, 6.07) is 0. The third-order valence-corrected chi connectivity index (χ3v) is 3.52. The van der Waals surface area contributed by atoms with Crippen LogP contribution in [0.15, 0.2) is 0 Å². The number of hydrogen-bond acceptors (Lipinski definition) is 0. The van der Waals surface area contributed by atoms with Crippen LogP contribution >= 0.6 is 0 Å². The summed E-state index contributed by atoms with van der Waals surface area (Å²) in [6.07, 6.45) is 16.5. The molecule has 0 aliphatic heterocycles. The van der Waals surface area contributed by atoms with Crippen molar-refractivity contribution in [3.63, 3.8) is 0 Å². The van der Waals surface area contributed by atoms with Crippen LogP contribution in [0, 0.1) is 18.3 Å². The minimum atomic E-state index is 0.795. The lowest BCUT2D eigenvalue weighted by Crippen LogP contribution is -2.26. The van der Waals surface area contributed by atoms with Crippen LogP contribution in [0.4, 0.5) is 0 Å². The van der Waals surface area contributed by atoms with Crippen LogP contribution in [0.1, 0.15) is 51.4 Å². The summed E-state index contributed by atoms with van der Waals surface area (Å²) in [4.78, 5) is 0. The first kappa shape index (κ1) is 7.64. The molecular weight excluding hydrogens is 132 g/mol. The Morgan fingerprint density at radius 2 is 1.00 bits per heavy atom. The molecule has 0 saturated heterocycles. The first-order valence-electron chi connectivity index (χ1n) is 5.05. The van der Waals surface area contributed by atoms with E-state index in [1.165, 1.54) is 51.4 Å². The van der Waals surface area contributed by atoms with Crippen molar-refractivity contribution in [3.8, 4) is 0 Å². The molecular formula is C11H18. The first-order valence-corrected chi connectivity index (χ1v) is 5.05. The Labute approximate surface area is 70.4 Å². The van der Waals surface area contributed by atoms with Gasteiger partial charge in [0.2, 0.25) is 0 Å². The van der Waals surface area contributed by atoms with Crippen LogP contribution in [0.5, 0.6) is 0 Å². The Morgan fingerprint density at radius 1 is 0.636 bits per heavy atom. The van der Waals surface area contributed by atoms with Crippen LogP contribution in [0.3, 0.4) is 0 Å². The summed E-state index contributed by atoms with van der Waals surface area (Å²) in [7, 11) is 0.